The fourth-order valence-corrected chi connectivity index (χ4v) is 2.50. The van der Waals surface area contributed by atoms with Gasteiger partial charge in [-0.2, -0.15) is 4.98 Å². The minimum Gasteiger partial charge on any atom is -0.364 e. The molecule has 0 aliphatic carbocycles. The molecule has 5 nitrogen and oxygen atoms in total. The first kappa shape index (κ1) is 11.9. The van der Waals surface area contributed by atoms with Crippen LogP contribution in [0.25, 0.3) is 10.9 Å². The topological polar surface area (TPSA) is 75.9 Å². The zero-order valence-electron chi connectivity index (χ0n) is 10.1. The number of hydrogen-bond donors (Lipinski definition) is 3. The molecule has 0 aliphatic heterocycles. The number of nitrogens with one attached hydrogen (secondary N) is 2. The van der Waals surface area contributed by atoms with Crippen LogP contribution in [-0.2, 0) is 6.54 Å². The maximum Gasteiger partial charge on any atom is 0.239 e. The van der Waals surface area contributed by atoms with Gasteiger partial charge in [-0.15, -0.1) is 11.3 Å². The van der Waals surface area contributed by atoms with Gasteiger partial charge in [0.05, 0.1) is 12.1 Å². The van der Waals surface area contributed by atoms with Gasteiger partial charge in [-0.05, 0) is 23.6 Å². The standard InChI is InChI=1S/C13H13N5S/c14-18-13-16-11-6-2-1-5-10(11)12(17-13)15-8-9-4-3-7-19-9/h1-7H,8,14H2,(H2,15,16,17,18). The number of nitrogen functional groups attached to an aromatic ring is 1. The molecular weight excluding hydrogens is 258 g/mol. The summed E-state index contributed by atoms with van der Waals surface area (Å²) in [6.45, 7) is 0.739. The normalized spacial score (nSPS) is 10.6. The van der Waals surface area contributed by atoms with Gasteiger partial charge in [-0.3, -0.25) is 5.43 Å². The van der Waals surface area contributed by atoms with Gasteiger partial charge in [-0.25, -0.2) is 10.8 Å². The molecule has 0 atom stereocenters. The van der Waals surface area contributed by atoms with Crippen molar-refractivity contribution < 1.29 is 0 Å². The predicted molar refractivity (Wildman–Crippen MR) is 79.0 cm³/mol. The van der Waals surface area contributed by atoms with Crippen LogP contribution in [0.15, 0.2) is 41.8 Å². The van der Waals surface area contributed by atoms with E-state index in [4.69, 9.17) is 5.84 Å². The second-order valence-electron chi connectivity index (χ2n) is 3.99. The molecule has 0 bridgehead atoms. The summed E-state index contributed by atoms with van der Waals surface area (Å²) in [7, 11) is 0. The number of thiophene rings is 1. The number of aromatic nitrogens is 2. The Labute approximate surface area is 114 Å². The number of nitrogens with two attached hydrogens (primary N) is 1. The van der Waals surface area contributed by atoms with E-state index in [0.717, 1.165) is 23.3 Å². The van der Waals surface area contributed by atoms with E-state index in [1.165, 1.54) is 4.88 Å². The van der Waals surface area contributed by atoms with Crippen LogP contribution in [0.5, 0.6) is 0 Å². The van der Waals surface area contributed by atoms with Gasteiger partial charge in [0, 0.05) is 10.3 Å². The predicted octanol–water partition coefficient (Wildman–Crippen LogP) is 2.59. The van der Waals surface area contributed by atoms with Crippen LogP contribution in [0.4, 0.5) is 11.8 Å². The molecule has 0 spiro atoms. The SMILES string of the molecule is NNc1nc(NCc2cccs2)c2ccccc2n1. The van der Waals surface area contributed by atoms with E-state index in [1.54, 1.807) is 11.3 Å². The number of hydrogen-bond acceptors (Lipinski definition) is 6. The molecule has 19 heavy (non-hydrogen) atoms. The maximum absolute atomic E-state index is 5.40. The van der Waals surface area contributed by atoms with Gasteiger partial charge < -0.3 is 5.32 Å². The highest BCUT2D eigenvalue weighted by atomic mass is 32.1. The molecule has 0 radical (unpaired) electrons. The van der Waals surface area contributed by atoms with E-state index in [0.29, 0.717) is 5.95 Å². The highest BCUT2D eigenvalue weighted by Gasteiger charge is 2.06. The first-order valence-corrected chi connectivity index (χ1v) is 6.74. The Morgan fingerprint density at radius 1 is 1.11 bits per heavy atom. The van der Waals surface area contributed by atoms with Crippen LogP contribution in [0, 0.1) is 0 Å². The molecule has 2 aromatic heterocycles. The Balaban J connectivity index is 1.96. The van der Waals surface area contributed by atoms with Crippen molar-refractivity contribution in [1.82, 2.24) is 9.97 Å². The molecule has 0 saturated carbocycles. The monoisotopic (exact) mass is 271 g/mol. The van der Waals surface area contributed by atoms with Crippen molar-refractivity contribution in [3.05, 3.63) is 46.7 Å². The van der Waals surface area contributed by atoms with Crippen molar-refractivity contribution in [2.45, 2.75) is 6.54 Å². The van der Waals surface area contributed by atoms with Crippen LogP contribution >= 0.6 is 11.3 Å². The van der Waals surface area contributed by atoms with Crippen LogP contribution in [-0.4, -0.2) is 9.97 Å². The first-order chi connectivity index (χ1) is 9.36. The summed E-state index contributed by atoms with van der Waals surface area (Å²) in [6.07, 6.45) is 0. The third-order valence-electron chi connectivity index (χ3n) is 2.74. The molecule has 1 aromatic carbocycles. The first-order valence-electron chi connectivity index (χ1n) is 5.86. The van der Waals surface area contributed by atoms with Crippen molar-refractivity contribution in [3.63, 3.8) is 0 Å². The summed E-state index contributed by atoms with van der Waals surface area (Å²) in [5, 5.41) is 6.37. The summed E-state index contributed by atoms with van der Waals surface area (Å²) in [5.41, 5.74) is 3.35. The molecule has 0 amide bonds. The van der Waals surface area contributed by atoms with E-state index >= 15 is 0 Å². The quantitative estimate of drug-likeness (QED) is 0.502. The van der Waals surface area contributed by atoms with Gasteiger partial charge in [0.1, 0.15) is 5.82 Å². The summed E-state index contributed by atoms with van der Waals surface area (Å²) in [5.74, 6) is 6.59. The Kier molecular flexibility index (Phi) is 3.26. The Morgan fingerprint density at radius 3 is 2.79 bits per heavy atom. The molecule has 4 N–H and O–H groups in total. The molecule has 3 aromatic rings. The third-order valence-corrected chi connectivity index (χ3v) is 3.62. The molecule has 2 heterocycles. The van der Waals surface area contributed by atoms with Gasteiger partial charge >= 0.3 is 0 Å². The number of hydrazine groups is 1. The Hall–Kier alpha value is -2.18. The van der Waals surface area contributed by atoms with Crippen molar-refractivity contribution in [2.24, 2.45) is 5.84 Å². The van der Waals surface area contributed by atoms with E-state index in [9.17, 15) is 0 Å². The second-order valence-corrected chi connectivity index (χ2v) is 5.02. The van der Waals surface area contributed by atoms with Crippen molar-refractivity contribution in [2.75, 3.05) is 10.7 Å². The fourth-order valence-electron chi connectivity index (χ4n) is 1.86. The Bertz CT molecular complexity index is 681. The van der Waals surface area contributed by atoms with Crippen LogP contribution in [0.1, 0.15) is 4.88 Å². The molecule has 0 unspecified atom stereocenters. The third kappa shape index (κ3) is 2.49. The minimum atomic E-state index is 0.410. The lowest BCUT2D eigenvalue weighted by Crippen LogP contribution is -2.12. The van der Waals surface area contributed by atoms with E-state index < -0.39 is 0 Å². The lowest BCUT2D eigenvalue weighted by Gasteiger charge is -2.09. The molecule has 0 aliphatic rings. The van der Waals surface area contributed by atoms with Crippen LogP contribution < -0.4 is 16.6 Å². The van der Waals surface area contributed by atoms with Crippen molar-refractivity contribution in [3.8, 4) is 0 Å². The van der Waals surface area contributed by atoms with Gasteiger partial charge in [0.25, 0.3) is 0 Å². The van der Waals surface area contributed by atoms with E-state index in [1.807, 2.05) is 30.3 Å². The molecule has 0 fully saturated rings. The second kappa shape index (κ2) is 5.21. The van der Waals surface area contributed by atoms with Crippen molar-refractivity contribution in [1.29, 1.82) is 0 Å². The summed E-state index contributed by atoms with van der Waals surface area (Å²) >= 11 is 1.71. The Morgan fingerprint density at radius 2 is 2.00 bits per heavy atom. The smallest absolute Gasteiger partial charge is 0.239 e. The largest absolute Gasteiger partial charge is 0.364 e. The number of para-hydroxylation sites is 1. The van der Waals surface area contributed by atoms with Gasteiger partial charge in [0.15, 0.2) is 0 Å². The van der Waals surface area contributed by atoms with Gasteiger partial charge in [-0.1, -0.05) is 18.2 Å². The lowest BCUT2D eigenvalue weighted by molar-refractivity contribution is 1.10. The zero-order valence-corrected chi connectivity index (χ0v) is 10.9. The number of benzene rings is 1. The van der Waals surface area contributed by atoms with Crippen molar-refractivity contribution >= 4 is 34.0 Å². The average Bonchev–Trinajstić information content (AvgIpc) is 2.97. The van der Waals surface area contributed by atoms with Crippen LogP contribution in [0.2, 0.25) is 0 Å². The minimum absolute atomic E-state index is 0.410. The van der Waals surface area contributed by atoms with E-state index in [2.05, 4.69) is 32.2 Å². The lowest BCUT2D eigenvalue weighted by atomic mass is 10.2. The number of nitrogens with zero attached hydrogens (tertiary/aromatic N) is 2. The molecule has 0 saturated heterocycles. The molecule has 6 heteroatoms. The maximum atomic E-state index is 5.40. The van der Waals surface area contributed by atoms with Crippen LogP contribution in [0.3, 0.4) is 0 Å². The van der Waals surface area contributed by atoms with Gasteiger partial charge in [0.2, 0.25) is 5.95 Å². The molecule has 96 valence electrons. The number of fused-ring (bicyclic) bond motifs is 1. The average molecular weight is 271 g/mol. The highest BCUT2D eigenvalue weighted by molar-refractivity contribution is 7.09. The number of anilines is 2. The summed E-state index contributed by atoms with van der Waals surface area (Å²) in [4.78, 5) is 9.93. The summed E-state index contributed by atoms with van der Waals surface area (Å²) < 4.78 is 0. The zero-order chi connectivity index (χ0) is 13.1. The molecule has 3 rings (SSSR count). The summed E-state index contributed by atoms with van der Waals surface area (Å²) in [6, 6.07) is 12.0. The number of rotatable bonds is 4. The fraction of sp³-hybridized carbons (Fsp3) is 0.0769. The molecular formula is C13H13N5S. The highest BCUT2D eigenvalue weighted by Crippen LogP contribution is 2.22. The van der Waals surface area contributed by atoms with E-state index in [-0.39, 0.29) is 0 Å².